The number of carbonyl (C=O) groups excluding carboxylic acids is 1. The summed E-state index contributed by atoms with van der Waals surface area (Å²) in [6.45, 7) is 1.86. The highest BCUT2D eigenvalue weighted by Crippen LogP contribution is 2.33. The Hall–Kier alpha value is -3.46. The van der Waals surface area contributed by atoms with Crippen molar-refractivity contribution in [2.45, 2.75) is 6.92 Å². The Labute approximate surface area is 167 Å². The molecular formula is C19H19N5O3S. The fraction of sp³-hybridized carbons (Fsp3) is 0.158. The average molecular weight is 397 g/mol. The summed E-state index contributed by atoms with van der Waals surface area (Å²) >= 11 is 5.19. The van der Waals surface area contributed by atoms with Crippen LogP contribution in [0.2, 0.25) is 0 Å². The van der Waals surface area contributed by atoms with E-state index in [0.717, 1.165) is 5.56 Å². The van der Waals surface area contributed by atoms with Crippen molar-refractivity contribution in [2.24, 2.45) is 0 Å². The van der Waals surface area contributed by atoms with Crippen LogP contribution >= 0.6 is 12.2 Å². The van der Waals surface area contributed by atoms with Crippen molar-refractivity contribution in [1.82, 2.24) is 20.7 Å². The number of nitrogens with one attached hydrogen (secondary N) is 3. The molecule has 0 aliphatic rings. The van der Waals surface area contributed by atoms with E-state index in [9.17, 15) is 4.79 Å². The first kappa shape index (κ1) is 19.3. The van der Waals surface area contributed by atoms with Gasteiger partial charge in [-0.2, -0.15) is 0 Å². The zero-order valence-corrected chi connectivity index (χ0v) is 16.4. The van der Waals surface area contributed by atoms with Crippen molar-refractivity contribution in [1.29, 1.82) is 0 Å². The maximum Gasteiger partial charge on any atom is 0.257 e. The zero-order chi connectivity index (χ0) is 20.1. The molecule has 0 unspecified atom stereocenters. The van der Waals surface area contributed by atoms with E-state index in [1.165, 1.54) is 6.33 Å². The largest absolute Gasteiger partial charge is 0.493 e. The lowest BCUT2D eigenvalue weighted by molar-refractivity contribution is 0.0976. The number of aromatic nitrogens is 2. The van der Waals surface area contributed by atoms with Crippen LogP contribution in [0.4, 0.5) is 5.82 Å². The number of hydrazine groups is 1. The van der Waals surface area contributed by atoms with Crippen molar-refractivity contribution in [3.63, 3.8) is 0 Å². The molecule has 0 aliphatic carbocycles. The number of hydrogen-bond acceptors (Lipinski definition) is 7. The highest BCUT2D eigenvalue weighted by atomic mass is 32.1. The first-order valence-electron chi connectivity index (χ1n) is 8.33. The summed E-state index contributed by atoms with van der Waals surface area (Å²) in [7, 11) is 3.11. The third-order valence-corrected chi connectivity index (χ3v) is 4.26. The first-order chi connectivity index (χ1) is 13.5. The molecule has 144 valence electrons. The number of amides is 1. The fourth-order valence-corrected chi connectivity index (χ4v) is 2.77. The van der Waals surface area contributed by atoms with Crippen molar-refractivity contribution in [3.05, 3.63) is 53.9 Å². The van der Waals surface area contributed by atoms with Crippen LogP contribution in [0, 0.1) is 6.92 Å². The van der Waals surface area contributed by atoms with Crippen molar-refractivity contribution >= 4 is 40.0 Å². The Balaban J connectivity index is 1.73. The Morgan fingerprint density at radius 3 is 2.50 bits per heavy atom. The second kappa shape index (κ2) is 8.49. The van der Waals surface area contributed by atoms with Crippen LogP contribution in [-0.4, -0.2) is 35.2 Å². The summed E-state index contributed by atoms with van der Waals surface area (Å²) < 4.78 is 10.6. The van der Waals surface area contributed by atoms with Gasteiger partial charge in [0.15, 0.2) is 22.4 Å². The fourth-order valence-electron chi connectivity index (χ4n) is 2.63. The van der Waals surface area contributed by atoms with E-state index in [0.29, 0.717) is 33.8 Å². The van der Waals surface area contributed by atoms with E-state index in [1.54, 1.807) is 38.5 Å². The van der Waals surface area contributed by atoms with E-state index in [-0.39, 0.29) is 11.0 Å². The summed E-state index contributed by atoms with van der Waals surface area (Å²) in [4.78, 5) is 20.8. The molecule has 1 aromatic heterocycles. The van der Waals surface area contributed by atoms with Crippen LogP contribution in [0.5, 0.6) is 11.5 Å². The molecular weight excluding hydrogens is 378 g/mol. The van der Waals surface area contributed by atoms with Crippen LogP contribution < -0.4 is 25.6 Å². The maximum atomic E-state index is 12.3. The molecule has 8 nitrogen and oxygen atoms in total. The molecule has 3 aromatic rings. The molecule has 0 saturated heterocycles. The van der Waals surface area contributed by atoms with Crippen LogP contribution in [0.25, 0.3) is 10.9 Å². The van der Waals surface area contributed by atoms with Gasteiger partial charge in [0.25, 0.3) is 5.91 Å². The normalized spacial score (nSPS) is 10.2. The van der Waals surface area contributed by atoms with Gasteiger partial charge >= 0.3 is 0 Å². The number of nitrogens with zero attached hydrogens (tertiary/aromatic N) is 2. The smallest absolute Gasteiger partial charge is 0.257 e. The zero-order valence-electron chi connectivity index (χ0n) is 15.6. The van der Waals surface area contributed by atoms with Crippen molar-refractivity contribution in [3.8, 4) is 11.5 Å². The lowest BCUT2D eigenvalue weighted by atomic mass is 10.1. The Bertz CT molecular complexity index is 1040. The number of ether oxygens (including phenoxy) is 2. The van der Waals surface area contributed by atoms with Crippen molar-refractivity contribution in [2.75, 3.05) is 19.6 Å². The van der Waals surface area contributed by atoms with Gasteiger partial charge in [0.05, 0.1) is 19.7 Å². The van der Waals surface area contributed by atoms with Gasteiger partial charge in [-0.1, -0.05) is 18.2 Å². The van der Waals surface area contributed by atoms with Crippen LogP contribution in [0.15, 0.2) is 42.7 Å². The molecule has 0 radical (unpaired) electrons. The minimum atomic E-state index is -0.295. The summed E-state index contributed by atoms with van der Waals surface area (Å²) in [6, 6.07) is 10.8. The predicted octanol–water partition coefficient (Wildman–Crippen LogP) is 2.59. The van der Waals surface area contributed by atoms with Crippen molar-refractivity contribution < 1.29 is 14.3 Å². The number of methoxy groups -OCH3 is 2. The van der Waals surface area contributed by atoms with Crippen LogP contribution in [0.1, 0.15) is 15.9 Å². The number of anilines is 1. The standard InChI is InChI=1S/C19H19N5O3S/c1-11-6-4-5-7-12(11)18(25)22-19(28)24-23-17-13-8-15(26-2)16(27-3)9-14(13)20-10-21-17/h4-10H,1-3H3,(H,20,21,23)(H2,22,24,25,28). The van der Waals surface area contributed by atoms with Gasteiger partial charge in [0.2, 0.25) is 0 Å². The molecule has 1 amide bonds. The summed E-state index contributed by atoms with van der Waals surface area (Å²) in [5.41, 5.74) is 7.73. The third-order valence-electron chi connectivity index (χ3n) is 4.05. The van der Waals surface area contributed by atoms with Gasteiger partial charge < -0.3 is 9.47 Å². The predicted molar refractivity (Wildman–Crippen MR) is 111 cm³/mol. The van der Waals surface area contributed by atoms with Crippen LogP contribution in [-0.2, 0) is 0 Å². The highest BCUT2D eigenvalue weighted by Gasteiger charge is 2.12. The molecule has 0 spiro atoms. The second-order valence-corrected chi connectivity index (χ2v) is 6.20. The van der Waals surface area contributed by atoms with Crippen LogP contribution in [0.3, 0.4) is 0 Å². The Kier molecular flexibility index (Phi) is 5.85. The second-order valence-electron chi connectivity index (χ2n) is 5.79. The monoisotopic (exact) mass is 397 g/mol. The van der Waals surface area contributed by atoms with Gasteiger partial charge in [-0.25, -0.2) is 9.97 Å². The SMILES string of the molecule is COc1cc2ncnc(NNC(=S)NC(=O)c3ccccc3C)c2cc1OC. The summed E-state index contributed by atoms with van der Waals surface area (Å²) in [5, 5.41) is 3.43. The van der Waals surface area contributed by atoms with Gasteiger partial charge in [0, 0.05) is 17.0 Å². The molecule has 28 heavy (non-hydrogen) atoms. The molecule has 3 rings (SSSR count). The lowest BCUT2D eigenvalue weighted by Gasteiger charge is -2.14. The molecule has 3 N–H and O–H groups in total. The molecule has 1 heterocycles. The summed E-state index contributed by atoms with van der Waals surface area (Å²) in [6.07, 6.45) is 1.41. The number of hydrogen-bond donors (Lipinski definition) is 3. The Morgan fingerprint density at radius 1 is 1.07 bits per heavy atom. The van der Waals surface area contributed by atoms with Gasteiger partial charge in [-0.3, -0.25) is 21.0 Å². The van der Waals surface area contributed by atoms with Gasteiger partial charge in [0.1, 0.15) is 6.33 Å². The minimum Gasteiger partial charge on any atom is -0.493 e. The number of carbonyl (C=O) groups is 1. The third kappa shape index (κ3) is 4.09. The molecule has 0 bridgehead atoms. The van der Waals surface area contributed by atoms with E-state index in [2.05, 4.69) is 26.1 Å². The Morgan fingerprint density at radius 2 is 1.79 bits per heavy atom. The van der Waals surface area contributed by atoms with E-state index >= 15 is 0 Å². The van der Waals surface area contributed by atoms with E-state index in [4.69, 9.17) is 21.7 Å². The number of aryl methyl sites for hydroxylation is 1. The quantitative estimate of drug-likeness (QED) is 0.446. The molecule has 0 atom stereocenters. The maximum absolute atomic E-state index is 12.3. The number of rotatable bonds is 5. The topological polar surface area (TPSA) is 97.4 Å². The number of fused-ring (bicyclic) bond motifs is 1. The first-order valence-corrected chi connectivity index (χ1v) is 8.74. The molecule has 9 heteroatoms. The molecule has 0 saturated carbocycles. The molecule has 0 fully saturated rings. The lowest BCUT2D eigenvalue weighted by Crippen LogP contribution is -2.42. The number of benzene rings is 2. The molecule has 0 aliphatic heterocycles. The molecule has 2 aromatic carbocycles. The highest BCUT2D eigenvalue weighted by molar-refractivity contribution is 7.80. The van der Waals surface area contributed by atoms with E-state index in [1.807, 2.05) is 19.1 Å². The number of thiocarbonyl (C=S) groups is 1. The summed E-state index contributed by atoms with van der Waals surface area (Å²) in [5.74, 6) is 1.28. The van der Waals surface area contributed by atoms with Gasteiger partial charge in [-0.15, -0.1) is 0 Å². The van der Waals surface area contributed by atoms with E-state index < -0.39 is 0 Å². The van der Waals surface area contributed by atoms with Gasteiger partial charge in [-0.05, 0) is 36.8 Å². The minimum absolute atomic E-state index is 0.112. The average Bonchev–Trinajstić information content (AvgIpc) is 2.71.